The average molecular weight is 317 g/mol. The zero-order valence-corrected chi connectivity index (χ0v) is 15.5. The molecule has 1 saturated heterocycles. The number of rotatable bonds is 4. The Morgan fingerprint density at radius 1 is 1.26 bits per heavy atom. The number of likely N-dealkylation sites (tertiary alicyclic amines) is 1. The van der Waals surface area contributed by atoms with E-state index < -0.39 is 0 Å². The van der Waals surface area contributed by atoms with E-state index in [1.165, 1.54) is 12.8 Å². The Kier molecular flexibility index (Phi) is 5.51. The molecule has 0 unspecified atom stereocenters. The second-order valence-corrected chi connectivity index (χ2v) is 8.00. The Bertz CT molecular complexity index is 564. The fourth-order valence-electron chi connectivity index (χ4n) is 3.25. The first kappa shape index (κ1) is 18.0. The van der Waals surface area contributed by atoms with Crippen LogP contribution in [-0.4, -0.2) is 37.4 Å². The summed E-state index contributed by atoms with van der Waals surface area (Å²) in [6.45, 7) is 13.4. The van der Waals surface area contributed by atoms with Gasteiger partial charge in [0.1, 0.15) is 5.75 Å². The number of ether oxygens (including phenoxy) is 1. The first-order chi connectivity index (χ1) is 10.7. The number of carbonyl (C=O) groups is 1. The number of aryl methyl sites for hydroxylation is 1. The van der Waals surface area contributed by atoms with Gasteiger partial charge in [-0.1, -0.05) is 27.7 Å². The number of nitrogens with zero attached hydrogens (tertiary/aromatic N) is 1. The largest absolute Gasteiger partial charge is 0.496 e. The molecule has 1 heterocycles. The first-order valence-corrected chi connectivity index (χ1v) is 8.67. The van der Waals surface area contributed by atoms with Gasteiger partial charge in [0.05, 0.1) is 13.7 Å². The van der Waals surface area contributed by atoms with Gasteiger partial charge in [-0.25, -0.2) is 0 Å². The van der Waals surface area contributed by atoms with E-state index >= 15 is 0 Å². The lowest BCUT2D eigenvalue weighted by atomic mass is 9.83. The normalized spacial score (nSPS) is 17.3. The van der Waals surface area contributed by atoms with Crippen molar-refractivity contribution in [2.45, 2.75) is 52.9 Å². The molecule has 3 heteroatoms. The Morgan fingerprint density at radius 3 is 2.39 bits per heavy atom. The molecule has 0 aromatic heterocycles. The molecule has 2 rings (SSSR count). The van der Waals surface area contributed by atoms with Crippen LogP contribution in [-0.2, 0) is 5.41 Å². The molecule has 1 aliphatic heterocycles. The number of benzene rings is 1. The lowest BCUT2D eigenvalue weighted by Crippen LogP contribution is -2.37. The molecular weight excluding hydrogens is 286 g/mol. The highest BCUT2D eigenvalue weighted by Crippen LogP contribution is 2.34. The van der Waals surface area contributed by atoms with E-state index in [0.29, 0.717) is 6.54 Å². The lowest BCUT2D eigenvalue weighted by Gasteiger charge is -2.30. The summed E-state index contributed by atoms with van der Waals surface area (Å²) in [6.07, 6.45) is 2.39. The minimum Gasteiger partial charge on any atom is -0.496 e. The third-order valence-corrected chi connectivity index (χ3v) is 4.90. The Labute approximate surface area is 141 Å². The van der Waals surface area contributed by atoms with Gasteiger partial charge in [-0.05, 0) is 61.9 Å². The molecule has 23 heavy (non-hydrogen) atoms. The number of ketones is 1. The first-order valence-electron chi connectivity index (χ1n) is 8.67. The number of Topliss-reactive ketones (excluding diaryl/α,β-unsaturated/α-hetero) is 1. The summed E-state index contributed by atoms with van der Waals surface area (Å²) in [5, 5.41) is 0. The van der Waals surface area contributed by atoms with Crippen LogP contribution in [0.15, 0.2) is 12.1 Å². The summed E-state index contributed by atoms with van der Waals surface area (Å²) in [7, 11) is 1.69. The van der Waals surface area contributed by atoms with E-state index in [0.717, 1.165) is 41.4 Å². The van der Waals surface area contributed by atoms with Gasteiger partial charge in [0.25, 0.3) is 0 Å². The van der Waals surface area contributed by atoms with Gasteiger partial charge in [-0.15, -0.1) is 0 Å². The van der Waals surface area contributed by atoms with Gasteiger partial charge in [-0.3, -0.25) is 9.69 Å². The second-order valence-electron chi connectivity index (χ2n) is 8.00. The maximum atomic E-state index is 12.8. The summed E-state index contributed by atoms with van der Waals surface area (Å²) in [4.78, 5) is 15.1. The average Bonchev–Trinajstić information content (AvgIpc) is 2.47. The minimum atomic E-state index is -0.0470. The highest BCUT2D eigenvalue weighted by Gasteiger charge is 2.24. The van der Waals surface area contributed by atoms with Crippen molar-refractivity contribution in [1.29, 1.82) is 0 Å². The van der Waals surface area contributed by atoms with Crippen LogP contribution in [0.4, 0.5) is 0 Å². The Morgan fingerprint density at radius 2 is 1.87 bits per heavy atom. The Hall–Kier alpha value is -1.35. The van der Waals surface area contributed by atoms with Gasteiger partial charge in [0.15, 0.2) is 5.78 Å². The smallest absolute Gasteiger partial charge is 0.177 e. The van der Waals surface area contributed by atoms with E-state index in [9.17, 15) is 4.79 Å². The molecule has 1 fully saturated rings. The van der Waals surface area contributed by atoms with Crippen molar-refractivity contribution in [2.24, 2.45) is 5.92 Å². The van der Waals surface area contributed by atoms with Crippen LogP contribution in [0.5, 0.6) is 5.75 Å². The zero-order chi connectivity index (χ0) is 17.2. The van der Waals surface area contributed by atoms with Gasteiger partial charge >= 0.3 is 0 Å². The van der Waals surface area contributed by atoms with Gasteiger partial charge in [0.2, 0.25) is 0 Å². The molecule has 0 N–H and O–H groups in total. The third-order valence-electron chi connectivity index (χ3n) is 4.90. The summed E-state index contributed by atoms with van der Waals surface area (Å²) < 4.78 is 5.53. The number of hydrogen-bond donors (Lipinski definition) is 0. The number of carbonyl (C=O) groups excluding carboxylic acids is 1. The standard InChI is InChI=1S/C20H31NO2/c1-14-7-9-21(10-8-14)13-18(22)16-12-17(20(3,4)5)19(23-6)11-15(16)2/h11-12,14H,7-10,13H2,1-6H3. The van der Waals surface area contributed by atoms with Crippen molar-refractivity contribution in [3.63, 3.8) is 0 Å². The van der Waals surface area contributed by atoms with Crippen LogP contribution in [0, 0.1) is 12.8 Å². The number of piperidine rings is 1. The summed E-state index contributed by atoms with van der Waals surface area (Å²) >= 11 is 0. The molecule has 128 valence electrons. The molecule has 0 saturated carbocycles. The fraction of sp³-hybridized carbons (Fsp3) is 0.650. The van der Waals surface area contributed by atoms with E-state index in [-0.39, 0.29) is 11.2 Å². The molecular formula is C20H31NO2. The van der Waals surface area contributed by atoms with Crippen LogP contribution in [0.2, 0.25) is 0 Å². The quantitative estimate of drug-likeness (QED) is 0.779. The van der Waals surface area contributed by atoms with E-state index in [1.807, 2.05) is 19.1 Å². The molecule has 0 aliphatic carbocycles. The maximum Gasteiger partial charge on any atom is 0.177 e. The maximum absolute atomic E-state index is 12.8. The highest BCUT2D eigenvalue weighted by atomic mass is 16.5. The topological polar surface area (TPSA) is 29.5 Å². The SMILES string of the molecule is COc1cc(C)c(C(=O)CN2CCC(C)CC2)cc1C(C)(C)C. The molecule has 0 radical (unpaired) electrons. The minimum absolute atomic E-state index is 0.0470. The Balaban J connectivity index is 2.23. The molecule has 3 nitrogen and oxygen atoms in total. The number of hydrogen-bond acceptors (Lipinski definition) is 3. The monoisotopic (exact) mass is 317 g/mol. The second kappa shape index (κ2) is 7.04. The van der Waals surface area contributed by atoms with Gasteiger partial charge in [0, 0.05) is 11.1 Å². The van der Waals surface area contributed by atoms with Crippen molar-refractivity contribution >= 4 is 5.78 Å². The molecule has 0 spiro atoms. The highest BCUT2D eigenvalue weighted by molar-refractivity contribution is 5.99. The molecule has 1 aromatic carbocycles. The molecule has 1 aromatic rings. The third kappa shape index (κ3) is 4.35. The summed E-state index contributed by atoms with van der Waals surface area (Å²) in [5.74, 6) is 1.89. The van der Waals surface area contributed by atoms with Gasteiger partial charge in [-0.2, -0.15) is 0 Å². The summed E-state index contributed by atoms with van der Waals surface area (Å²) in [6, 6.07) is 4.05. The molecule has 0 bridgehead atoms. The molecule has 0 amide bonds. The van der Waals surface area contributed by atoms with Crippen LogP contribution in [0.3, 0.4) is 0 Å². The summed E-state index contributed by atoms with van der Waals surface area (Å²) in [5.41, 5.74) is 2.90. The van der Waals surface area contributed by atoms with Crippen molar-refractivity contribution < 1.29 is 9.53 Å². The lowest BCUT2D eigenvalue weighted by molar-refractivity contribution is 0.0899. The predicted molar refractivity (Wildman–Crippen MR) is 95.6 cm³/mol. The predicted octanol–water partition coefficient (Wildman–Crippen LogP) is 4.22. The van der Waals surface area contributed by atoms with Crippen molar-refractivity contribution in [2.75, 3.05) is 26.7 Å². The molecule has 1 aliphatic rings. The van der Waals surface area contributed by atoms with Crippen LogP contribution >= 0.6 is 0 Å². The number of methoxy groups -OCH3 is 1. The van der Waals surface area contributed by atoms with E-state index in [2.05, 4.69) is 32.6 Å². The molecule has 0 atom stereocenters. The van der Waals surface area contributed by atoms with E-state index in [4.69, 9.17) is 4.74 Å². The van der Waals surface area contributed by atoms with E-state index in [1.54, 1.807) is 7.11 Å². The van der Waals surface area contributed by atoms with Crippen molar-refractivity contribution in [1.82, 2.24) is 4.90 Å². The van der Waals surface area contributed by atoms with Gasteiger partial charge < -0.3 is 4.74 Å². The van der Waals surface area contributed by atoms with Crippen LogP contribution in [0.1, 0.15) is 62.0 Å². The van der Waals surface area contributed by atoms with Crippen molar-refractivity contribution in [3.8, 4) is 5.75 Å². The zero-order valence-electron chi connectivity index (χ0n) is 15.5. The van der Waals surface area contributed by atoms with Crippen molar-refractivity contribution in [3.05, 3.63) is 28.8 Å². The van der Waals surface area contributed by atoms with Crippen LogP contribution in [0.25, 0.3) is 0 Å². The fourth-order valence-corrected chi connectivity index (χ4v) is 3.25. The van der Waals surface area contributed by atoms with Crippen LogP contribution < -0.4 is 4.74 Å².